The lowest BCUT2D eigenvalue weighted by molar-refractivity contribution is -0.387. The van der Waals surface area contributed by atoms with Gasteiger partial charge in [-0.05, 0) is 42.8 Å². The van der Waals surface area contributed by atoms with Crippen LogP contribution in [0.25, 0.3) is 0 Å². The van der Waals surface area contributed by atoms with Crippen molar-refractivity contribution in [2.45, 2.75) is 29.4 Å². The van der Waals surface area contributed by atoms with Gasteiger partial charge in [0.15, 0.2) is 5.16 Å². The number of carbonyl (C=O) groups is 1. The Morgan fingerprint density at radius 3 is 2.96 bits per heavy atom. The average molecular weight is 376 g/mol. The SMILES string of the molecule is CC1CCNCC1NC(=O)c1ccc(Sc2nncn2C)c([N+](=O)[O-])c1. The highest BCUT2D eigenvalue weighted by atomic mass is 32.2. The van der Waals surface area contributed by atoms with Crippen molar-refractivity contribution in [3.8, 4) is 0 Å². The van der Waals surface area contributed by atoms with E-state index in [2.05, 4.69) is 27.8 Å². The van der Waals surface area contributed by atoms with Crippen LogP contribution < -0.4 is 10.6 Å². The third-order valence-corrected chi connectivity index (χ3v) is 5.55. The molecule has 2 N–H and O–H groups in total. The van der Waals surface area contributed by atoms with Crippen LogP contribution in [0.3, 0.4) is 0 Å². The third kappa shape index (κ3) is 4.02. The van der Waals surface area contributed by atoms with E-state index in [0.29, 0.717) is 22.5 Å². The van der Waals surface area contributed by atoms with Crippen molar-refractivity contribution >= 4 is 23.4 Å². The molecule has 0 radical (unpaired) electrons. The summed E-state index contributed by atoms with van der Waals surface area (Å²) < 4.78 is 1.67. The first-order chi connectivity index (χ1) is 12.5. The zero-order valence-corrected chi connectivity index (χ0v) is 15.3. The Morgan fingerprint density at radius 1 is 1.50 bits per heavy atom. The fourth-order valence-electron chi connectivity index (χ4n) is 2.79. The lowest BCUT2D eigenvalue weighted by Crippen LogP contribution is -2.50. The van der Waals surface area contributed by atoms with Gasteiger partial charge in [0, 0.05) is 31.3 Å². The van der Waals surface area contributed by atoms with Crippen molar-refractivity contribution in [2.75, 3.05) is 13.1 Å². The zero-order valence-electron chi connectivity index (χ0n) is 14.5. The van der Waals surface area contributed by atoms with Crippen molar-refractivity contribution < 1.29 is 9.72 Å². The Morgan fingerprint density at radius 2 is 2.31 bits per heavy atom. The number of hydrogen-bond acceptors (Lipinski definition) is 7. The van der Waals surface area contributed by atoms with E-state index in [9.17, 15) is 14.9 Å². The number of hydrogen-bond donors (Lipinski definition) is 2. The Hall–Kier alpha value is -2.46. The van der Waals surface area contributed by atoms with Gasteiger partial charge in [-0.15, -0.1) is 10.2 Å². The molecule has 1 aliphatic heterocycles. The summed E-state index contributed by atoms with van der Waals surface area (Å²) in [6, 6.07) is 4.51. The molecule has 1 aromatic carbocycles. The quantitative estimate of drug-likeness (QED) is 0.601. The average Bonchev–Trinajstić information content (AvgIpc) is 3.02. The van der Waals surface area contributed by atoms with E-state index in [1.165, 1.54) is 12.4 Å². The maximum Gasteiger partial charge on any atom is 0.284 e. The van der Waals surface area contributed by atoms with Gasteiger partial charge in [-0.3, -0.25) is 14.9 Å². The van der Waals surface area contributed by atoms with Crippen LogP contribution in [-0.2, 0) is 7.05 Å². The van der Waals surface area contributed by atoms with E-state index in [1.807, 2.05) is 0 Å². The maximum atomic E-state index is 12.5. The van der Waals surface area contributed by atoms with Crippen molar-refractivity contribution in [1.29, 1.82) is 0 Å². The molecule has 1 saturated heterocycles. The fourth-order valence-corrected chi connectivity index (χ4v) is 3.64. The van der Waals surface area contributed by atoms with Gasteiger partial charge in [-0.25, -0.2) is 0 Å². The minimum atomic E-state index is -0.486. The van der Waals surface area contributed by atoms with E-state index in [0.717, 1.165) is 24.7 Å². The van der Waals surface area contributed by atoms with Crippen molar-refractivity contribution in [1.82, 2.24) is 25.4 Å². The second-order valence-electron chi connectivity index (χ2n) is 6.32. The van der Waals surface area contributed by atoms with Crippen molar-refractivity contribution in [3.63, 3.8) is 0 Å². The number of carbonyl (C=O) groups excluding carboxylic acids is 1. The standard InChI is InChI=1S/C16H20N6O3S/c1-10-5-6-17-8-12(10)19-15(23)11-3-4-14(13(7-11)22(24)25)26-16-20-18-9-21(16)2/h3-4,7,9-10,12,17H,5-6,8H2,1-2H3,(H,19,23). The predicted octanol–water partition coefficient (Wildman–Crippen LogP) is 1.60. The number of nitrogens with one attached hydrogen (secondary N) is 2. The second kappa shape index (κ2) is 7.83. The highest BCUT2D eigenvalue weighted by Crippen LogP contribution is 2.34. The second-order valence-corrected chi connectivity index (χ2v) is 7.33. The van der Waals surface area contributed by atoms with Crippen LogP contribution in [-0.4, -0.2) is 44.7 Å². The van der Waals surface area contributed by atoms with Crippen LogP contribution in [0, 0.1) is 16.0 Å². The van der Waals surface area contributed by atoms with E-state index >= 15 is 0 Å². The molecule has 1 fully saturated rings. The summed E-state index contributed by atoms with van der Waals surface area (Å²) in [5.41, 5.74) is 0.150. The highest BCUT2D eigenvalue weighted by molar-refractivity contribution is 7.99. The first kappa shape index (κ1) is 18.3. The zero-order chi connectivity index (χ0) is 18.7. The van der Waals surface area contributed by atoms with Crippen molar-refractivity contribution in [3.05, 3.63) is 40.2 Å². The van der Waals surface area contributed by atoms with Gasteiger partial charge >= 0.3 is 0 Å². The minimum absolute atomic E-state index is 0.0167. The summed E-state index contributed by atoms with van der Waals surface area (Å²) in [6.45, 7) is 3.73. The van der Waals surface area contributed by atoms with Gasteiger partial charge in [0.05, 0.1) is 9.82 Å². The fraction of sp³-hybridized carbons (Fsp3) is 0.438. The smallest absolute Gasteiger partial charge is 0.284 e. The Kier molecular flexibility index (Phi) is 5.52. The highest BCUT2D eigenvalue weighted by Gasteiger charge is 2.25. The van der Waals surface area contributed by atoms with Crippen LogP contribution in [0.15, 0.2) is 34.6 Å². The number of amides is 1. The molecule has 138 valence electrons. The van der Waals surface area contributed by atoms with Gasteiger partial charge in [-0.2, -0.15) is 0 Å². The molecule has 0 saturated carbocycles. The summed E-state index contributed by atoms with van der Waals surface area (Å²) in [6.07, 6.45) is 2.51. The van der Waals surface area contributed by atoms with E-state index < -0.39 is 4.92 Å². The first-order valence-electron chi connectivity index (χ1n) is 8.27. The Labute approximate surface area is 154 Å². The molecule has 2 aromatic rings. The van der Waals surface area contributed by atoms with E-state index in [4.69, 9.17) is 0 Å². The summed E-state index contributed by atoms with van der Waals surface area (Å²) in [4.78, 5) is 23.9. The molecule has 0 spiro atoms. The number of rotatable bonds is 5. The first-order valence-corrected chi connectivity index (χ1v) is 9.09. The molecule has 0 bridgehead atoms. The molecule has 10 heteroatoms. The number of nitro benzene ring substituents is 1. The minimum Gasteiger partial charge on any atom is -0.348 e. The molecule has 2 heterocycles. The molecule has 1 aliphatic rings. The molecule has 2 atom stereocenters. The largest absolute Gasteiger partial charge is 0.348 e. The lowest BCUT2D eigenvalue weighted by Gasteiger charge is -2.30. The number of nitrogens with zero attached hydrogens (tertiary/aromatic N) is 4. The lowest BCUT2D eigenvalue weighted by atomic mass is 9.94. The van der Waals surface area contributed by atoms with Crippen LogP contribution in [0.2, 0.25) is 0 Å². The monoisotopic (exact) mass is 376 g/mol. The molecule has 0 aliphatic carbocycles. The molecule has 9 nitrogen and oxygen atoms in total. The van der Waals surface area contributed by atoms with E-state index in [-0.39, 0.29) is 23.2 Å². The molecule has 1 aromatic heterocycles. The molecule has 1 amide bonds. The van der Waals surface area contributed by atoms with Crippen molar-refractivity contribution in [2.24, 2.45) is 13.0 Å². The number of piperidine rings is 1. The maximum absolute atomic E-state index is 12.5. The summed E-state index contributed by atoms with van der Waals surface area (Å²) in [5.74, 6) is 0.0600. The van der Waals surface area contributed by atoms with Gasteiger partial charge in [-0.1, -0.05) is 6.92 Å². The molecule has 3 rings (SSSR count). The topological polar surface area (TPSA) is 115 Å². The third-order valence-electron chi connectivity index (χ3n) is 4.43. The summed E-state index contributed by atoms with van der Waals surface area (Å²) in [7, 11) is 1.76. The van der Waals surface area contributed by atoms with Crippen LogP contribution >= 0.6 is 11.8 Å². The van der Waals surface area contributed by atoms with Gasteiger partial charge in [0.2, 0.25) is 0 Å². The number of nitro groups is 1. The predicted molar refractivity (Wildman–Crippen MR) is 96.1 cm³/mol. The van der Waals surface area contributed by atoms with E-state index in [1.54, 1.807) is 23.7 Å². The Balaban J connectivity index is 1.80. The van der Waals surface area contributed by atoms with Gasteiger partial charge in [0.1, 0.15) is 6.33 Å². The normalized spacial score (nSPS) is 19.9. The molecule has 2 unspecified atom stereocenters. The molecular formula is C16H20N6O3S. The van der Waals surface area contributed by atoms with Crippen LogP contribution in [0.4, 0.5) is 5.69 Å². The Bertz CT molecular complexity index is 824. The number of aryl methyl sites for hydroxylation is 1. The van der Waals surface area contributed by atoms with Gasteiger partial charge in [0.25, 0.3) is 11.6 Å². The summed E-state index contributed by atoms with van der Waals surface area (Å²) in [5, 5.41) is 25.9. The van der Waals surface area contributed by atoms with Gasteiger partial charge < -0.3 is 15.2 Å². The summed E-state index contributed by atoms with van der Waals surface area (Å²) >= 11 is 1.14. The molecule has 26 heavy (non-hydrogen) atoms. The number of benzene rings is 1. The molecular weight excluding hydrogens is 356 g/mol. The van der Waals surface area contributed by atoms with Crippen LogP contribution in [0.1, 0.15) is 23.7 Å². The number of aromatic nitrogens is 3. The van der Waals surface area contributed by atoms with Crippen LogP contribution in [0.5, 0.6) is 0 Å².